The van der Waals surface area contributed by atoms with E-state index in [2.05, 4.69) is 31.1 Å². The van der Waals surface area contributed by atoms with Crippen LogP contribution in [-0.4, -0.2) is 35.2 Å². The number of halogens is 1. The molecule has 3 N–H and O–H groups in total. The molecule has 2 rings (SSSR count). The Balaban J connectivity index is 2.48. The molecule has 0 atom stereocenters. The van der Waals surface area contributed by atoms with Gasteiger partial charge in [-0.2, -0.15) is 4.98 Å². The first-order valence-electron chi connectivity index (χ1n) is 5.95. The Morgan fingerprint density at radius 2 is 2.14 bits per heavy atom. The molecule has 2 aromatic rings. The number of benzene rings is 1. The summed E-state index contributed by atoms with van der Waals surface area (Å²) in [6.45, 7) is 0. The molecule has 0 saturated heterocycles. The van der Waals surface area contributed by atoms with Crippen LogP contribution < -0.4 is 15.4 Å². The largest absolute Gasteiger partial charge is 0.480 e. The molecular formula is C13H14BrN5O2. The third-order valence-corrected chi connectivity index (χ3v) is 3.39. The molecular weight excluding hydrogens is 338 g/mol. The van der Waals surface area contributed by atoms with E-state index in [1.807, 2.05) is 12.1 Å². The van der Waals surface area contributed by atoms with E-state index in [1.165, 1.54) is 7.11 Å². The average molecular weight is 352 g/mol. The lowest BCUT2D eigenvalue weighted by molar-refractivity contribution is 0.318. The van der Waals surface area contributed by atoms with E-state index >= 15 is 0 Å². The van der Waals surface area contributed by atoms with Gasteiger partial charge in [0.1, 0.15) is 0 Å². The van der Waals surface area contributed by atoms with E-state index in [0.29, 0.717) is 27.6 Å². The van der Waals surface area contributed by atoms with Gasteiger partial charge in [-0.1, -0.05) is 17.3 Å². The molecule has 21 heavy (non-hydrogen) atoms. The van der Waals surface area contributed by atoms with E-state index in [4.69, 9.17) is 15.7 Å². The average Bonchev–Trinajstić information content (AvgIpc) is 2.54. The van der Waals surface area contributed by atoms with Crippen LogP contribution in [0.15, 0.2) is 40.1 Å². The van der Waals surface area contributed by atoms with Gasteiger partial charge in [-0.25, -0.2) is 4.98 Å². The minimum Gasteiger partial charge on any atom is -0.480 e. The number of rotatable bonds is 4. The van der Waals surface area contributed by atoms with Gasteiger partial charge in [-0.15, -0.1) is 0 Å². The lowest BCUT2D eigenvalue weighted by Gasteiger charge is -2.20. The zero-order chi connectivity index (χ0) is 15.4. The predicted molar refractivity (Wildman–Crippen MR) is 83.3 cm³/mol. The van der Waals surface area contributed by atoms with Crippen LogP contribution >= 0.6 is 15.9 Å². The fourth-order valence-corrected chi connectivity index (χ4v) is 2.14. The highest BCUT2D eigenvalue weighted by atomic mass is 79.9. The van der Waals surface area contributed by atoms with Crippen molar-refractivity contribution in [3.05, 3.63) is 40.5 Å². The summed E-state index contributed by atoms with van der Waals surface area (Å²) in [4.78, 5) is 10.3. The highest BCUT2D eigenvalue weighted by Crippen LogP contribution is 2.28. The molecule has 0 aliphatic rings. The van der Waals surface area contributed by atoms with Crippen molar-refractivity contribution in [1.82, 2.24) is 9.97 Å². The Bertz CT molecular complexity index is 677. The van der Waals surface area contributed by atoms with Crippen LogP contribution in [0.3, 0.4) is 0 Å². The first-order chi connectivity index (χ1) is 10.1. The quantitative estimate of drug-likeness (QED) is 0.379. The number of amidine groups is 1. The second-order valence-corrected chi connectivity index (χ2v) is 4.94. The maximum atomic E-state index is 8.87. The maximum absolute atomic E-state index is 8.87. The molecule has 1 heterocycles. The first-order valence-corrected chi connectivity index (χ1v) is 6.75. The minimum atomic E-state index is 0.0153. The summed E-state index contributed by atoms with van der Waals surface area (Å²) in [5, 5.41) is 11.9. The molecule has 1 aromatic heterocycles. The van der Waals surface area contributed by atoms with Crippen molar-refractivity contribution in [2.75, 3.05) is 19.1 Å². The fourth-order valence-electron chi connectivity index (χ4n) is 1.79. The van der Waals surface area contributed by atoms with Crippen molar-refractivity contribution < 1.29 is 9.94 Å². The Labute approximate surface area is 130 Å². The molecule has 1 aromatic carbocycles. The molecule has 0 bridgehead atoms. The van der Waals surface area contributed by atoms with Crippen LogP contribution in [0.25, 0.3) is 0 Å². The van der Waals surface area contributed by atoms with Crippen LogP contribution in [0.4, 0.5) is 11.6 Å². The molecule has 110 valence electrons. The predicted octanol–water partition coefficient (Wildman–Crippen LogP) is 2.11. The van der Waals surface area contributed by atoms with Gasteiger partial charge in [-0.3, -0.25) is 0 Å². The van der Waals surface area contributed by atoms with Gasteiger partial charge in [0.25, 0.3) is 0 Å². The minimum absolute atomic E-state index is 0.0153. The van der Waals surface area contributed by atoms with Crippen molar-refractivity contribution in [3.63, 3.8) is 0 Å². The van der Waals surface area contributed by atoms with E-state index in [-0.39, 0.29) is 5.84 Å². The standard InChI is InChI=1S/C13H14BrN5O2/c1-19(13-16-7-9(14)12(17-13)21-2)10-6-4-3-5-8(10)11(15)18-20/h3-7,20H,1-2H3,(H2,15,18). The van der Waals surface area contributed by atoms with Crippen LogP contribution in [-0.2, 0) is 0 Å². The van der Waals surface area contributed by atoms with Gasteiger partial charge in [0.15, 0.2) is 5.84 Å². The zero-order valence-electron chi connectivity index (χ0n) is 11.5. The second-order valence-electron chi connectivity index (χ2n) is 4.09. The molecule has 0 radical (unpaired) electrons. The number of anilines is 2. The lowest BCUT2D eigenvalue weighted by Crippen LogP contribution is -2.20. The number of aromatic nitrogens is 2. The summed E-state index contributed by atoms with van der Waals surface area (Å²) < 4.78 is 5.82. The summed E-state index contributed by atoms with van der Waals surface area (Å²) in [6.07, 6.45) is 1.60. The van der Waals surface area contributed by atoms with Crippen molar-refractivity contribution >= 4 is 33.4 Å². The number of hydrogen-bond acceptors (Lipinski definition) is 6. The number of nitrogens with zero attached hydrogens (tertiary/aromatic N) is 4. The zero-order valence-corrected chi connectivity index (χ0v) is 13.1. The Hall–Kier alpha value is -2.35. The number of para-hydroxylation sites is 1. The van der Waals surface area contributed by atoms with E-state index in [9.17, 15) is 0 Å². The summed E-state index contributed by atoms with van der Waals surface area (Å²) in [5.74, 6) is 0.864. The smallest absolute Gasteiger partial charge is 0.232 e. The maximum Gasteiger partial charge on any atom is 0.232 e. The van der Waals surface area contributed by atoms with Gasteiger partial charge in [0.05, 0.1) is 23.5 Å². The molecule has 0 amide bonds. The van der Waals surface area contributed by atoms with E-state index in [1.54, 1.807) is 30.3 Å². The Morgan fingerprint density at radius 3 is 2.81 bits per heavy atom. The SMILES string of the molecule is COc1nc(N(C)c2ccccc2/C(N)=N/O)ncc1Br. The fraction of sp³-hybridized carbons (Fsp3) is 0.154. The molecule has 0 aliphatic heterocycles. The van der Waals surface area contributed by atoms with Gasteiger partial charge in [-0.05, 0) is 28.1 Å². The molecule has 0 saturated carbocycles. The third-order valence-electron chi connectivity index (χ3n) is 2.84. The van der Waals surface area contributed by atoms with Gasteiger partial charge < -0.3 is 20.6 Å². The number of ether oxygens (including phenoxy) is 1. The van der Waals surface area contributed by atoms with Crippen molar-refractivity contribution in [2.45, 2.75) is 0 Å². The van der Waals surface area contributed by atoms with Crippen molar-refractivity contribution in [2.24, 2.45) is 10.9 Å². The highest BCUT2D eigenvalue weighted by molar-refractivity contribution is 9.10. The summed E-state index contributed by atoms with van der Waals surface area (Å²) in [7, 11) is 3.31. The number of oxime groups is 1. The van der Waals surface area contributed by atoms with Crippen molar-refractivity contribution in [3.8, 4) is 5.88 Å². The summed E-state index contributed by atoms with van der Waals surface area (Å²) in [5.41, 5.74) is 6.97. The summed E-state index contributed by atoms with van der Waals surface area (Å²) >= 11 is 3.30. The highest BCUT2D eigenvalue weighted by Gasteiger charge is 2.15. The van der Waals surface area contributed by atoms with E-state index < -0.39 is 0 Å². The number of hydrogen-bond donors (Lipinski definition) is 2. The van der Waals surface area contributed by atoms with Crippen molar-refractivity contribution in [1.29, 1.82) is 0 Å². The molecule has 0 aliphatic carbocycles. The Kier molecular flexibility index (Phi) is 4.59. The second kappa shape index (κ2) is 6.40. The van der Waals surface area contributed by atoms with Gasteiger partial charge in [0.2, 0.25) is 11.8 Å². The van der Waals surface area contributed by atoms with Crippen LogP contribution in [0.2, 0.25) is 0 Å². The molecule has 7 nitrogen and oxygen atoms in total. The third kappa shape index (κ3) is 3.05. The summed E-state index contributed by atoms with van der Waals surface area (Å²) in [6, 6.07) is 7.21. The number of methoxy groups -OCH3 is 1. The van der Waals surface area contributed by atoms with Gasteiger partial charge in [0, 0.05) is 12.6 Å². The molecule has 0 fully saturated rings. The van der Waals surface area contributed by atoms with Crippen LogP contribution in [0.1, 0.15) is 5.56 Å². The molecule has 0 unspecified atom stereocenters. The normalized spacial score (nSPS) is 11.3. The monoisotopic (exact) mass is 351 g/mol. The first kappa shape index (κ1) is 15.0. The molecule has 0 spiro atoms. The van der Waals surface area contributed by atoms with E-state index in [0.717, 1.165) is 0 Å². The van der Waals surface area contributed by atoms with Crippen LogP contribution in [0.5, 0.6) is 5.88 Å². The number of nitrogens with two attached hydrogens (primary N) is 1. The molecule has 8 heteroatoms. The lowest BCUT2D eigenvalue weighted by atomic mass is 10.1. The topological polar surface area (TPSA) is 96.9 Å². The van der Waals surface area contributed by atoms with Gasteiger partial charge >= 0.3 is 0 Å². The van der Waals surface area contributed by atoms with Crippen LogP contribution in [0, 0.1) is 0 Å². The Morgan fingerprint density at radius 1 is 1.43 bits per heavy atom.